The first kappa shape index (κ1) is 11.7. The Morgan fingerprint density at radius 2 is 1.94 bits per heavy atom. The highest BCUT2D eigenvalue weighted by Gasteiger charge is 2.46. The predicted octanol–water partition coefficient (Wildman–Crippen LogP) is 2.42. The Labute approximate surface area is 107 Å². The van der Waals surface area contributed by atoms with Gasteiger partial charge < -0.3 is 4.74 Å². The summed E-state index contributed by atoms with van der Waals surface area (Å²) in [5.41, 5.74) is 2.76. The first-order valence-electron chi connectivity index (χ1n) is 6.61. The van der Waals surface area contributed by atoms with E-state index in [0.29, 0.717) is 23.8 Å². The van der Waals surface area contributed by atoms with Gasteiger partial charge in [0.05, 0.1) is 0 Å². The van der Waals surface area contributed by atoms with Crippen LogP contribution in [-0.4, -0.2) is 17.9 Å². The van der Waals surface area contributed by atoms with Crippen molar-refractivity contribution in [1.82, 2.24) is 0 Å². The fraction of sp³-hybridized carbons (Fsp3) is 0.600. The van der Waals surface area contributed by atoms with E-state index in [4.69, 9.17) is 4.74 Å². The Bertz CT molecular complexity index is 486. The summed E-state index contributed by atoms with van der Waals surface area (Å²) in [5, 5.41) is 0. The Hall–Kier alpha value is -1.38. The minimum absolute atomic E-state index is 0.0268. The van der Waals surface area contributed by atoms with Gasteiger partial charge in [-0.15, -0.1) is 0 Å². The third-order valence-corrected chi connectivity index (χ3v) is 4.90. The zero-order valence-electron chi connectivity index (χ0n) is 10.9. The predicted molar refractivity (Wildman–Crippen MR) is 66.7 cm³/mol. The molecule has 3 heteroatoms. The number of carbonyl (C=O) groups excluding carboxylic acids is 2. The molecular weight excluding hydrogens is 228 g/mol. The summed E-state index contributed by atoms with van der Waals surface area (Å²) in [6.07, 6.45) is 2.25. The summed E-state index contributed by atoms with van der Waals surface area (Å²) in [7, 11) is 0. The van der Waals surface area contributed by atoms with Crippen LogP contribution in [0.3, 0.4) is 0 Å². The lowest BCUT2D eigenvalue weighted by Crippen LogP contribution is -2.18. The van der Waals surface area contributed by atoms with Crippen LogP contribution in [0.25, 0.3) is 0 Å². The lowest BCUT2D eigenvalue weighted by molar-refractivity contribution is -0.139. The largest absolute Gasteiger partial charge is 0.458 e. The number of hydrogen-bond acceptors (Lipinski definition) is 3. The smallest absolute Gasteiger partial charge is 0.334 e. The number of esters is 1. The van der Waals surface area contributed by atoms with Gasteiger partial charge in [-0.3, -0.25) is 4.79 Å². The van der Waals surface area contributed by atoms with Gasteiger partial charge in [-0.1, -0.05) is 19.1 Å². The second kappa shape index (κ2) is 3.81. The monoisotopic (exact) mass is 246 g/mol. The molecule has 0 bridgehead atoms. The van der Waals surface area contributed by atoms with Crippen LogP contribution in [0.4, 0.5) is 0 Å². The van der Waals surface area contributed by atoms with E-state index >= 15 is 0 Å². The van der Waals surface area contributed by atoms with Gasteiger partial charge in [-0.2, -0.15) is 0 Å². The van der Waals surface area contributed by atoms with E-state index in [1.54, 1.807) is 0 Å². The van der Waals surface area contributed by atoms with Crippen molar-refractivity contribution in [2.75, 3.05) is 0 Å². The van der Waals surface area contributed by atoms with Gasteiger partial charge in [-0.05, 0) is 37.2 Å². The van der Waals surface area contributed by atoms with E-state index in [2.05, 4.69) is 13.5 Å². The van der Waals surface area contributed by atoms with Crippen LogP contribution in [0.5, 0.6) is 0 Å². The van der Waals surface area contributed by atoms with E-state index in [1.807, 2.05) is 6.92 Å². The molecule has 3 aliphatic rings. The average molecular weight is 246 g/mol. The molecule has 2 fully saturated rings. The van der Waals surface area contributed by atoms with Crippen molar-refractivity contribution in [1.29, 1.82) is 0 Å². The van der Waals surface area contributed by atoms with Gasteiger partial charge in [0.15, 0.2) is 5.78 Å². The number of allylic oxidation sites excluding steroid dienone is 2. The number of carbonyl (C=O) groups is 2. The minimum atomic E-state index is -0.252. The van der Waals surface area contributed by atoms with E-state index in [0.717, 1.165) is 18.4 Å². The van der Waals surface area contributed by atoms with Crippen LogP contribution in [0.15, 0.2) is 23.3 Å². The molecule has 1 aliphatic heterocycles. The van der Waals surface area contributed by atoms with Gasteiger partial charge in [0.25, 0.3) is 0 Å². The maximum Gasteiger partial charge on any atom is 0.334 e. The van der Waals surface area contributed by atoms with E-state index in [1.165, 1.54) is 5.57 Å². The summed E-state index contributed by atoms with van der Waals surface area (Å²) < 4.78 is 5.41. The maximum atomic E-state index is 11.9. The first-order chi connectivity index (χ1) is 8.49. The van der Waals surface area contributed by atoms with E-state index < -0.39 is 0 Å². The second-order valence-electron chi connectivity index (χ2n) is 5.88. The zero-order chi connectivity index (χ0) is 13.0. The van der Waals surface area contributed by atoms with Crippen LogP contribution in [0.1, 0.15) is 33.1 Å². The van der Waals surface area contributed by atoms with Crippen molar-refractivity contribution in [3.05, 3.63) is 23.3 Å². The molecule has 96 valence electrons. The standard InChI is InChI=1S/C15H18O3/c1-7-4-14-12(9(3)15(17)18-14)5-11-8(2)13(16)6-10(7)11/h7,10,12,14H,3-6H2,1-2H3/t7-,10-,12+,14-/m0/s1. The van der Waals surface area contributed by atoms with Crippen LogP contribution >= 0.6 is 0 Å². The first-order valence-corrected chi connectivity index (χ1v) is 6.61. The molecule has 0 aromatic rings. The van der Waals surface area contributed by atoms with Gasteiger partial charge in [0.2, 0.25) is 0 Å². The lowest BCUT2D eigenvalue weighted by atomic mass is 9.86. The highest BCUT2D eigenvalue weighted by molar-refractivity contribution is 5.99. The van der Waals surface area contributed by atoms with E-state index in [-0.39, 0.29) is 23.8 Å². The number of rotatable bonds is 0. The number of ketones is 1. The second-order valence-corrected chi connectivity index (χ2v) is 5.88. The van der Waals surface area contributed by atoms with Crippen molar-refractivity contribution >= 4 is 11.8 Å². The van der Waals surface area contributed by atoms with Gasteiger partial charge in [-0.25, -0.2) is 4.79 Å². The number of hydrogen-bond donors (Lipinski definition) is 0. The molecule has 3 rings (SSSR count). The summed E-state index contributed by atoms with van der Waals surface area (Å²) in [6, 6.07) is 0. The van der Waals surface area contributed by atoms with Gasteiger partial charge in [0, 0.05) is 17.9 Å². The normalized spacial score (nSPS) is 39.6. The molecule has 18 heavy (non-hydrogen) atoms. The SMILES string of the molecule is C=C1C(=O)O[C@H]2C[C@H](C)[C@@H]3CC(=O)C(C)=C3C[C@H]12. The van der Waals surface area contributed by atoms with Gasteiger partial charge in [0.1, 0.15) is 6.10 Å². The molecule has 0 radical (unpaired) electrons. The summed E-state index contributed by atoms with van der Waals surface area (Å²) in [5.74, 6) is 0.861. The van der Waals surface area contributed by atoms with Crippen molar-refractivity contribution in [3.8, 4) is 0 Å². The van der Waals surface area contributed by atoms with Crippen LogP contribution < -0.4 is 0 Å². The summed E-state index contributed by atoms with van der Waals surface area (Å²) in [6.45, 7) is 7.94. The molecule has 0 N–H and O–H groups in total. The Morgan fingerprint density at radius 1 is 1.22 bits per heavy atom. The molecule has 0 unspecified atom stereocenters. The fourth-order valence-corrected chi connectivity index (χ4v) is 3.69. The summed E-state index contributed by atoms with van der Waals surface area (Å²) in [4.78, 5) is 23.5. The molecule has 0 aromatic heterocycles. The van der Waals surface area contributed by atoms with Crippen LogP contribution in [0.2, 0.25) is 0 Å². The van der Waals surface area contributed by atoms with Crippen molar-refractivity contribution in [2.24, 2.45) is 17.8 Å². The van der Waals surface area contributed by atoms with Crippen molar-refractivity contribution < 1.29 is 14.3 Å². The van der Waals surface area contributed by atoms with Crippen LogP contribution in [-0.2, 0) is 14.3 Å². The average Bonchev–Trinajstić information content (AvgIpc) is 2.68. The molecule has 0 aromatic carbocycles. The Balaban J connectivity index is 1.99. The highest BCUT2D eigenvalue weighted by Crippen LogP contribution is 2.48. The molecule has 4 atom stereocenters. The number of ether oxygens (including phenoxy) is 1. The topological polar surface area (TPSA) is 43.4 Å². The molecule has 0 amide bonds. The number of Topliss-reactive ketones (excluding diaryl/α,β-unsaturated/α-hetero) is 1. The Morgan fingerprint density at radius 3 is 2.67 bits per heavy atom. The maximum absolute atomic E-state index is 11.9. The van der Waals surface area contributed by atoms with Gasteiger partial charge >= 0.3 is 5.97 Å². The molecule has 1 saturated carbocycles. The Kier molecular flexibility index (Phi) is 2.47. The fourth-order valence-electron chi connectivity index (χ4n) is 3.69. The van der Waals surface area contributed by atoms with E-state index in [9.17, 15) is 9.59 Å². The van der Waals surface area contributed by atoms with Crippen molar-refractivity contribution in [3.63, 3.8) is 0 Å². The molecule has 3 nitrogen and oxygen atoms in total. The number of fused-ring (bicyclic) bond motifs is 2. The zero-order valence-corrected chi connectivity index (χ0v) is 10.9. The third-order valence-electron chi connectivity index (χ3n) is 4.90. The quantitative estimate of drug-likeness (QED) is 0.487. The molecular formula is C15H18O3. The third kappa shape index (κ3) is 1.49. The van der Waals surface area contributed by atoms with Crippen molar-refractivity contribution in [2.45, 2.75) is 39.2 Å². The molecule has 0 spiro atoms. The molecule has 1 heterocycles. The molecule has 1 saturated heterocycles. The van der Waals surface area contributed by atoms with Crippen LogP contribution in [0, 0.1) is 17.8 Å². The lowest BCUT2D eigenvalue weighted by Gasteiger charge is -2.19. The molecule has 2 aliphatic carbocycles. The summed E-state index contributed by atoms with van der Waals surface area (Å²) >= 11 is 0. The highest BCUT2D eigenvalue weighted by atomic mass is 16.6. The minimum Gasteiger partial charge on any atom is -0.458 e.